The molecule has 0 aliphatic carbocycles. The lowest BCUT2D eigenvalue weighted by molar-refractivity contribution is 0.249. The first-order valence-electron chi connectivity index (χ1n) is 6.83. The minimum atomic E-state index is -0.752. The van der Waals surface area contributed by atoms with E-state index in [9.17, 15) is 9.18 Å². The summed E-state index contributed by atoms with van der Waals surface area (Å²) in [4.78, 5) is 10.6. The number of primary amides is 1. The van der Waals surface area contributed by atoms with E-state index in [2.05, 4.69) is 33.1 Å². The molecular weight excluding hydrogens is 428 g/mol. The predicted molar refractivity (Wildman–Crippen MR) is 96.8 cm³/mol. The maximum Gasteiger partial charge on any atom is 0.332 e. The molecule has 0 spiro atoms. The highest BCUT2D eigenvalue weighted by Crippen LogP contribution is 2.34. The van der Waals surface area contributed by atoms with Gasteiger partial charge in [-0.25, -0.2) is 14.6 Å². The first-order valence-corrected chi connectivity index (χ1v) is 7.91. The highest BCUT2D eigenvalue weighted by atomic mass is 127. The van der Waals surface area contributed by atoms with Crippen LogP contribution in [0.1, 0.15) is 11.1 Å². The van der Waals surface area contributed by atoms with E-state index in [-0.39, 0.29) is 12.4 Å². The minimum absolute atomic E-state index is 0.0791. The Hall–Kier alpha value is -2.36. The highest BCUT2D eigenvalue weighted by molar-refractivity contribution is 14.1. The van der Waals surface area contributed by atoms with Crippen LogP contribution in [-0.2, 0) is 6.61 Å². The first-order chi connectivity index (χ1) is 11.5. The van der Waals surface area contributed by atoms with E-state index < -0.39 is 6.03 Å². The maximum absolute atomic E-state index is 13.7. The summed E-state index contributed by atoms with van der Waals surface area (Å²) in [5, 5.41) is 3.69. The first kappa shape index (κ1) is 18.0. The number of halogens is 2. The number of hydrogen-bond donors (Lipinski definition) is 2. The molecular formula is C16H15FIN3O3. The van der Waals surface area contributed by atoms with Crippen LogP contribution in [-0.4, -0.2) is 19.4 Å². The van der Waals surface area contributed by atoms with Crippen LogP contribution in [0.4, 0.5) is 9.18 Å². The molecule has 8 heteroatoms. The van der Waals surface area contributed by atoms with Crippen LogP contribution in [0, 0.1) is 9.39 Å². The van der Waals surface area contributed by atoms with Crippen LogP contribution in [0.25, 0.3) is 0 Å². The molecule has 2 aromatic carbocycles. The van der Waals surface area contributed by atoms with E-state index in [1.807, 2.05) is 0 Å². The van der Waals surface area contributed by atoms with Crippen LogP contribution < -0.4 is 20.6 Å². The van der Waals surface area contributed by atoms with E-state index >= 15 is 0 Å². The van der Waals surface area contributed by atoms with E-state index in [4.69, 9.17) is 15.2 Å². The van der Waals surface area contributed by atoms with Crippen LogP contribution in [0.15, 0.2) is 41.5 Å². The number of nitrogens with two attached hydrogens (primary N) is 1. The molecule has 0 aliphatic heterocycles. The molecule has 2 rings (SSSR count). The van der Waals surface area contributed by atoms with Crippen molar-refractivity contribution in [3.63, 3.8) is 0 Å². The minimum Gasteiger partial charge on any atom is -0.493 e. The Morgan fingerprint density at radius 2 is 2.17 bits per heavy atom. The SMILES string of the molecule is COc1cc(C=NNC(N)=O)cc(I)c1OCc1ccccc1F. The number of hydrazone groups is 1. The summed E-state index contributed by atoms with van der Waals surface area (Å²) in [7, 11) is 1.50. The van der Waals surface area contributed by atoms with E-state index in [1.54, 1.807) is 30.3 Å². The molecule has 126 valence electrons. The number of benzene rings is 2. The molecule has 24 heavy (non-hydrogen) atoms. The molecule has 0 unspecified atom stereocenters. The van der Waals surface area contributed by atoms with Crippen molar-refractivity contribution in [3.05, 3.63) is 56.9 Å². The second kappa shape index (κ2) is 8.48. The van der Waals surface area contributed by atoms with Gasteiger partial charge in [-0.1, -0.05) is 18.2 Å². The van der Waals surface area contributed by atoms with E-state index in [0.29, 0.717) is 22.6 Å². The number of hydrogen-bond acceptors (Lipinski definition) is 4. The second-order valence-corrected chi connectivity index (χ2v) is 5.81. The van der Waals surface area contributed by atoms with Gasteiger partial charge in [-0.05, 0) is 46.4 Å². The fourth-order valence-corrected chi connectivity index (χ4v) is 2.67. The average molecular weight is 443 g/mol. The number of ether oxygens (including phenoxy) is 2. The normalized spacial score (nSPS) is 10.6. The van der Waals surface area contributed by atoms with Gasteiger partial charge in [-0.15, -0.1) is 0 Å². The summed E-state index contributed by atoms with van der Waals surface area (Å²) in [6.07, 6.45) is 1.43. The van der Waals surface area contributed by atoms with Gasteiger partial charge in [-0.2, -0.15) is 5.10 Å². The van der Waals surface area contributed by atoms with Gasteiger partial charge in [0.25, 0.3) is 0 Å². The lowest BCUT2D eigenvalue weighted by atomic mass is 10.2. The molecule has 0 bridgehead atoms. The summed E-state index contributed by atoms with van der Waals surface area (Å²) in [5.41, 5.74) is 8.18. The number of urea groups is 1. The van der Waals surface area contributed by atoms with Crippen molar-refractivity contribution in [2.24, 2.45) is 10.8 Å². The Kier molecular flexibility index (Phi) is 6.36. The summed E-state index contributed by atoms with van der Waals surface area (Å²) in [6.45, 7) is 0.0791. The standard InChI is InChI=1S/C16H15FIN3O3/c1-23-14-7-10(8-20-21-16(19)22)6-13(18)15(14)24-9-11-4-2-3-5-12(11)17/h2-8H,9H2,1H3,(H3,19,21,22). The maximum atomic E-state index is 13.7. The van der Waals surface area contributed by atoms with E-state index in [0.717, 1.165) is 3.57 Å². The van der Waals surface area contributed by atoms with Gasteiger partial charge in [0.1, 0.15) is 12.4 Å². The third-order valence-corrected chi connectivity index (χ3v) is 3.77. The fraction of sp³-hybridized carbons (Fsp3) is 0.125. The van der Waals surface area contributed by atoms with Crippen LogP contribution in [0.2, 0.25) is 0 Å². The number of rotatable bonds is 6. The molecule has 0 atom stereocenters. The highest BCUT2D eigenvalue weighted by Gasteiger charge is 2.12. The third kappa shape index (κ3) is 4.82. The van der Waals surface area contributed by atoms with Crippen LogP contribution in [0.5, 0.6) is 11.5 Å². The smallest absolute Gasteiger partial charge is 0.332 e. The molecule has 0 fully saturated rings. The summed E-state index contributed by atoms with van der Waals surface area (Å²) in [6, 6.07) is 9.12. The molecule has 2 aromatic rings. The van der Waals surface area contributed by atoms with Gasteiger partial charge >= 0.3 is 6.03 Å². The Morgan fingerprint density at radius 3 is 2.83 bits per heavy atom. The molecule has 0 heterocycles. The zero-order valence-electron chi connectivity index (χ0n) is 12.8. The predicted octanol–water partition coefficient (Wildman–Crippen LogP) is 3.02. The molecule has 0 aliphatic rings. The second-order valence-electron chi connectivity index (χ2n) is 4.65. The Morgan fingerprint density at radius 1 is 1.42 bits per heavy atom. The number of amides is 2. The molecule has 0 aromatic heterocycles. The number of nitrogens with zero attached hydrogens (tertiary/aromatic N) is 1. The van der Waals surface area contributed by atoms with Gasteiger partial charge in [0.05, 0.1) is 16.9 Å². The van der Waals surface area contributed by atoms with E-state index in [1.165, 1.54) is 19.4 Å². The van der Waals surface area contributed by atoms with Gasteiger partial charge in [0.15, 0.2) is 11.5 Å². The lowest BCUT2D eigenvalue weighted by Gasteiger charge is -2.14. The summed E-state index contributed by atoms with van der Waals surface area (Å²) in [5.74, 6) is 0.646. The lowest BCUT2D eigenvalue weighted by Crippen LogP contribution is -2.24. The van der Waals surface area contributed by atoms with Gasteiger partial charge in [0, 0.05) is 5.56 Å². The van der Waals surface area contributed by atoms with Gasteiger partial charge in [0.2, 0.25) is 0 Å². The number of carbonyl (C=O) groups is 1. The molecule has 2 amide bonds. The van der Waals surface area contributed by atoms with Crippen LogP contribution in [0.3, 0.4) is 0 Å². The quantitative estimate of drug-likeness (QED) is 0.409. The van der Waals surface area contributed by atoms with Crippen molar-refractivity contribution in [1.82, 2.24) is 5.43 Å². The fourth-order valence-electron chi connectivity index (χ4n) is 1.89. The number of methoxy groups -OCH3 is 1. The van der Waals surface area contributed by atoms with Crippen molar-refractivity contribution >= 4 is 34.8 Å². The third-order valence-electron chi connectivity index (χ3n) is 2.97. The Bertz CT molecular complexity index is 768. The average Bonchev–Trinajstić information content (AvgIpc) is 2.54. The molecule has 0 saturated heterocycles. The largest absolute Gasteiger partial charge is 0.493 e. The molecule has 0 radical (unpaired) electrons. The van der Waals surface area contributed by atoms with Gasteiger partial charge < -0.3 is 15.2 Å². The van der Waals surface area contributed by atoms with Crippen LogP contribution >= 0.6 is 22.6 Å². The Balaban J connectivity index is 2.19. The monoisotopic (exact) mass is 443 g/mol. The van der Waals surface area contributed by atoms with Crippen molar-refractivity contribution in [2.45, 2.75) is 6.61 Å². The van der Waals surface area contributed by atoms with Crippen molar-refractivity contribution < 1.29 is 18.7 Å². The number of nitrogens with one attached hydrogen (secondary N) is 1. The van der Waals surface area contributed by atoms with Gasteiger partial charge in [-0.3, -0.25) is 0 Å². The molecule has 0 saturated carbocycles. The Labute approximate surface area is 152 Å². The molecule has 6 nitrogen and oxygen atoms in total. The zero-order chi connectivity index (χ0) is 17.5. The van der Waals surface area contributed by atoms with Crippen molar-refractivity contribution in [2.75, 3.05) is 7.11 Å². The van der Waals surface area contributed by atoms with Crippen molar-refractivity contribution in [1.29, 1.82) is 0 Å². The van der Waals surface area contributed by atoms with Crippen molar-refractivity contribution in [3.8, 4) is 11.5 Å². The summed E-state index contributed by atoms with van der Waals surface area (Å²) >= 11 is 2.08. The zero-order valence-corrected chi connectivity index (χ0v) is 14.9. The summed E-state index contributed by atoms with van der Waals surface area (Å²) < 4.78 is 25.5. The topological polar surface area (TPSA) is 85.9 Å². The number of carbonyl (C=O) groups excluding carboxylic acids is 1. The molecule has 3 N–H and O–H groups in total.